The van der Waals surface area contributed by atoms with Crippen LogP contribution in [0, 0.1) is 12.8 Å². The summed E-state index contributed by atoms with van der Waals surface area (Å²) in [6, 6.07) is 15.2. The summed E-state index contributed by atoms with van der Waals surface area (Å²) in [5.41, 5.74) is 8.95. The average Bonchev–Trinajstić information content (AvgIpc) is 2.69. The molecule has 1 heterocycles. The van der Waals surface area contributed by atoms with Crippen LogP contribution < -0.4 is 11.1 Å². The molecule has 1 unspecified atom stereocenters. The van der Waals surface area contributed by atoms with E-state index in [-0.39, 0.29) is 30.7 Å². The number of β-amino-alcohol motifs (C(OH)–C–C–N with tert-alkyl or cyclic N) is 1. The van der Waals surface area contributed by atoms with Crippen molar-refractivity contribution in [3.63, 3.8) is 0 Å². The van der Waals surface area contributed by atoms with Gasteiger partial charge in [-0.15, -0.1) is 24.8 Å². The fraction of sp³-hybridized carbons (Fsp3) is 0.409. The van der Waals surface area contributed by atoms with Crippen molar-refractivity contribution in [1.29, 1.82) is 0 Å². The number of aryl methyl sites for hydroxylation is 1. The SMILES string of the molecule is Cc1ccc(N)cc1C(=O)NCC1CCN(CC(O)c2ccccc2)CC1.Cl.Cl. The minimum absolute atomic E-state index is 0. The van der Waals surface area contributed by atoms with Gasteiger partial charge >= 0.3 is 0 Å². The van der Waals surface area contributed by atoms with Gasteiger partial charge in [0.05, 0.1) is 6.10 Å². The fourth-order valence-corrected chi connectivity index (χ4v) is 3.61. The van der Waals surface area contributed by atoms with E-state index in [1.165, 1.54) is 0 Å². The first-order valence-electron chi connectivity index (χ1n) is 9.62. The van der Waals surface area contributed by atoms with Crippen molar-refractivity contribution >= 4 is 36.4 Å². The molecule has 2 aromatic rings. The highest BCUT2D eigenvalue weighted by Crippen LogP contribution is 2.21. The van der Waals surface area contributed by atoms with Crippen molar-refractivity contribution in [2.45, 2.75) is 25.9 Å². The zero-order valence-corrected chi connectivity index (χ0v) is 18.3. The third kappa shape index (κ3) is 7.19. The van der Waals surface area contributed by atoms with Gasteiger partial charge in [0.1, 0.15) is 0 Å². The number of hydrogen-bond donors (Lipinski definition) is 3. The van der Waals surface area contributed by atoms with Crippen molar-refractivity contribution in [3.8, 4) is 0 Å². The number of rotatable bonds is 6. The van der Waals surface area contributed by atoms with Gasteiger partial charge in [0.15, 0.2) is 0 Å². The maximum Gasteiger partial charge on any atom is 0.251 e. The van der Waals surface area contributed by atoms with Gasteiger partial charge in [-0.05, 0) is 62.0 Å². The van der Waals surface area contributed by atoms with Crippen LogP contribution in [-0.2, 0) is 0 Å². The van der Waals surface area contributed by atoms with E-state index in [2.05, 4.69) is 10.2 Å². The highest BCUT2D eigenvalue weighted by molar-refractivity contribution is 5.96. The lowest BCUT2D eigenvalue weighted by Crippen LogP contribution is -2.40. The van der Waals surface area contributed by atoms with E-state index < -0.39 is 6.10 Å². The Kier molecular flexibility index (Phi) is 10.5. The summed E-state index contributed by atoms with van der Waals surface area (Å²) in [5.74, 6) is 0.419. The van der Waals surface area contributed by atoms with Gasteiger partial charge in [-0.2, -0.15) is 0 Å². The lowest BCUT2D eigenvalue weighted by molar-refractivity contribution is 0.0852. The molecule has 0 spiro atoms. The molecule has 1 fully saturated rings. The molecule has 0 saturated carbocycles. The number of piperidine rings is 1. The Hall–Kier alpha value is -1.79. The highest BCUT2D eigenvalue weighted by Gasteiger charge is 2.22. The number of amides is 1. The number of nitrogen functional groups attached to an aromatic ring is 1. The number of halogens is 2. The van der Waals surface area contributed by atoms with Crippen LogP contribution in [0.25, 0.3) is 0 Å². The summed E-state index contributed by atoms with van der Waals surface area (Å²) in [6.45, 7) is 5.15. The molecule has 29 heavy (non-hydrogen) atoms. The van der Waals surface area contributed by atoms with E-state index in [9.17, 15) is 9.90 Å². The molecular weight excluding hydrogens is 409 g/mol. The molecule has 4 N–H and O–H groups in total. The van der Waals surface area contributed by atoms with Crippen LogP contribution in [0.4, 0.5) is 5.69 Å². The smallest absolute Gasteiger partial charge is 0.251 e. The summed E-state index contributed by atoms with van der Waals surface area (Å²) >= 11 is 0. The summed E-state index contributed by atoms with van der Waals surface area (Å²) in [7, 11) is 0. The molecule has 5 nitrogen and oxygen atoms in total. The minimum atomic E-state index is -0.450. The third-order valence-electron chi connectivity index (χ3n) is 5.38. The number of aliphatic hydroxyl groups excluding tert-OH is 1. The number of nitrogens with one attached hydrogen (secondary N) is 1. The lowest BCUT2D eigenvalue weighted by atomic mass is 9.96. The van der Waals surface area contributed by atoms with Gasteiger partial charge in [0.2, 0.25) is 0 Å². The molecule has 0 radical (unpaired) electrons. The largest absolute Gasteiger partial charge is 0.399 e. The Morgan fingerprint density at radius 3 is 2.48 bits per heavy atom. The number of nitrogens with zero attached hydrogens (tertiary/aromatic N) is 1. The van der Waals surface area contributed by atoms with E-state index in [0.29, 0.717) is 30.3 Å². The highest BCUT2D eigenvalue weighted by atomic mass is 35.5. The molecule has 1 saturated heterocycles. The van der Waals surface area contributed by atoms with Gasteiger partial charge < -0.3 is 21.1 Å². The van der Waals surface area contributed by atoms with Gasteiger partial charge in [-0.3, -0.25) is 4.79 Å². The summed E-state index contributed by atoms with van der Waals surface area (Å²) in [6.07, 6.45) is 1.60. The molecule has 1 atom stereocenters. The van der Waals surface area contributed by atoms with E-state index in [1.54, 1.807) is 6.07 Å². The van der Waals surface area contributed by atoms with Crippen molar-refractivity contribution < 1.29 is 9.90 Å². The molecule has 0 aromatic heterocycles. The van der Waals surface area contributed by atoms with Crippen LogP contribution >= 0.6 is 24.8 Å². The average molecular weight is 440 g/mol. The van der Waals surface area contributed by atoms with Gasteiger partial charge in [0, 0.05) is 24.3 Å². The standard InChI is InChI=1S/C22H29N3O2.2ClH/c1-16-7-8-19(23)13-20(16)22(27)24-14-17-9-11-25(12-10-17)15-21(26)18-5-3-2-4-6-18;;/h2-8,13,17,21,26H,9-12,14-15,23H2,1H3,(H,24,27);2*1H. The van der Waals surface area contributed by atoms with E-state index in [0.717, 1.165) is 37.1 Å². The van der Waals surface area contributed by atoms with Crippen LogP contribution in [-0.4, -0.2) is 42.1 Å². The van der Waals surface area contributed by atoms with E-state index in [1.807, 2.05) is 49.4 Å². The molecule has 1 aliphatic rings. The first kappa shape index (κ1) is 25.2. The number of benzene rings is 2. The van der Waals surface area contributed by atoms with E-state index >= 15 is 0 Å². The number of aliphatic hydroxyl groups is 1. The quantitative estimate of drug-likeness (QED) is 0.600. The topological polar surface area (TPSA) is 78.6 Å². The predicted molar refractivity (Wildman–Crippen MR) is 123 cm³/mol. The predicted octanol–water partition coefficient (Wildman–Crippen LogP) is 3.60. The van der Waals surface area contributed by atoms with Crippen LogP contribution in [0.15, 0.2) is 48.5 Å². The van der Waals surface area contributed by atoms with Crippen molar-refractivity contribution in [3.05, 3.63) is 65.2 Å². The van der Waals surface area contributed by atoms with Crippen molar-refractivity contribution in [2.75, 3.05) is 31.9 Å². The van der Waals surface area contributed by atoms with Crippen molar-refractivity contribution in [2.24, 2.45) is 5.92 Å². The van der Waals surface area contributed by atoms with Crippen LogP contribution in [0.5, 0.6) is 0 Å². The summed E-state index contributed by atoms with van der Waals surface area (Å²) < 4.78 is 0. The second-order valence-corrected chi connectivity index (χ2v) is 7.45. The van der Waals surface area contributed by atoms with Crippen LogP contribution in [0.1, 0.15) is 40.4 Å². The summed E-state index contributed by atoms with van der Waals surface area (Å²) in [4.78, 5) is 14.7. The Balaban J connectivity index is 0.00000210. The second kappa shape index (κ2) is 12.0. The third-order valence-corrected chi connectivity index (χ3v) is 5.38. The molecule has 7 heteroatoms. The molecule has 160 valence electrons. The zero-order valence-electron chi connectivity index (χ0n) is 16.7. The van der Waals surface area contributed by atoms with Crippen LogP contribution in [0.3, 0.4) is 0 Å². The Bertz CT molecular complexity index is 766. The number of nitrogens with two attached hydrogens (primary N) is 1. The van der Waals surface area contributed by atoms with Gasteiger partial charge in [-0.1, -0.05) is 36.4 Å². The molecule has 3 rings (SSSR count). The zero-order chi connectivity index (χ0) is 19.2. The molecular formula is C22H31Cl2N3O2. The number of anilines is 1. The Labute approximate surface area is 185 Å². The first-order chi connectivity index (χ1) is 13.0. The fourth-order valence-electron chi connectivity index (χ4n) is 3.61. The molecule has 0 bridgehead atoms. The molecule has 1 amide bonds. The molecule has 2 aromatic carbocycles. The summed E-state index contributed by atoms with van der Waals surface area (Å²) in [5, 5.41) is 13.4. The maximum absolute atomic E-state index is 12.4. The van der Waals surface area contributed by atoms with Gasteiger partial charge in [0.25, 0.3) is 5.91 Å². The second-order valence-electron chi connectivity index (χ2n) is 7.45. The van der Waals surface area contributed by atoms with Crippen molar-refractivity contribution in [1.82, 2.24) is 10.2 Å². The van der Waals surface area contributed by atoms with E-state index in [4.69, 9.17) is 5.73 Å². The molecule has 1 aliphatic heterocycles. The number of carbonyl (C=O) groups excluding carboxylic acids is 1. The maximum atomic E-state index is 12.4. The number of carbonyl (C=O) groups is 1. The Morgan fingerprint density at radius 2 is 1.83 bits per heavy atom. The number of hydrogen-bond acceptors (Lipinski definition) is 4. The Morgan fingerprint density at radius 1 is 1.17 bits per heavy atom. The normalized spacial score (nSPS) is 15.7. The lowest BCUT2D eigenvalue weighted by Gasteiger charge is -2.33. The monoisotopic (exact) mass is 439 g/mol. The number of likely N-dealkylation sites (tertiary alicyclic amines) is 1. The van der Waals surface area contributed by atoms with Gasteiger partial charge in [-0.25, -0.2) is 0 Å². The first-order valence-corrected chi connectivity index (χ1v) is 9.62. The minimum Gasteiger partial charge on any atom is -0.399 e. The van der Waals surface area contributed by atoms with Crippen LogP contribution in [0.2, 0.25) is 0 Å². The molecule has 0 aliphatic carbocycles.